The van der Waals surface area contributed by atoms with Crippen molar-refractivity contribution in [2.45, 2.75) is 39.2 Å². The van der Waals surface area contributed by atoms with Crippen LogP contribution in [0, 0.1) is 0 Å². The van der Waals surface area contributed by atoms with Gasteiger partial charge in [0.1, 0.15) is 6.04 Å². The summed E-state index contributed by atoms with van der Waals surface area (Å²) in [6.07, 6.45) is 1.86. The molecule has 2 amide bonds. The van der Waals surface area contributed by atoms with E-state index in [4.69, 9.17) is 5.11 Å². The highest BCUT2D eigenvalue weighted by Gasteiger charge is 2.19. The predicted octanol–water partition coefficient (Wildman–Crippen LogP) is -0.132. The van der Waals surface area contributed by atoms with Gasteiger partial charge in [0.05, 0.1) is 5.75 Å². The Bertz CT molecular complexity index is 410. The fraction of sp³-hybridized carbons (Fsp3) is 0.818. The molecule has 4 N–H and O–H groups in total. The van der Waals surface area contributed by atoms with Crippen molar-refractivity contribution in [3.05, 3.63) is 0 Å². The SMILES string of the molecule is CCCC[C@H](NC(=O)NCCS(=O)(=O)NCC)C(=O)O. The van der Waals surface area contributed by atoms with Crippen LogP contribution in [0.2, 0.25) is 0 Å². The van der Waals surface area contributed by atoms with E-state index in [1.54, 1.807) is 6.92 Å². The molecule has 118 valence electrons. The lowest BCUT2D eigenvalue weighted by atomic mass is 10.1. The number of sulfonamides is 1. The quantitative estimate of drug-likeness (QED) is 0.447. The minimum absolute atomic E-state index is 0.0821. The molecule has 0 radical (unpaired) electrons. The van der Waals surface area contributed by atoms with Crippen LogP contribution in [-0.2, 0) is 14.8 Å². The Morgan fingerprint density at radius 3 is 2.40 bits per heavy atom. The van der Waals surface area contributed by atoms with Gasteiger partial charge in [0, 0.05) is 13.1 Å². The number of amides is 2. The molecular formula is C11H23N3O5S. The molecule has 20 heavy (non-hydrogen) atoms. The number of carboxylic acid groups (broad SMARTS) is 1. The van der Waals surface area contributed by atoms with Crippen molar-refractivity contribution >= 4 is 22.0 Å². The van der Waals surface area contributed by atoms with Gasteiger partial charge in [-0.1, -0.05) is 26.7 Å². The maximum Gasteiger partial charge on any atom is 0.326 e. The Balaban J connectivity index is 4.11. The van der Waals surface area contributed by atoms with Gasteiger partial charge in [-0.25, -0.2) is 22.7 Å². The number of carbonyl (C=O) groups excluding carboxylic acids is 1. The molecule has 0 unspecified atom stereocenters. The van der Waals surface area contributed by atoms with Gasteiger partial charge >= 0.3 is 12.0 Å². The Morgan fingerprint density at radius 2 is 1.90 bits per heavy atom. The third kappa shape index (κ3) is 8.70. The average Bonchev–Trinajstić information content (AvgIpc) is 2.33. The zero-order valence-corrected chi connectivity index (χ0v) is 12.6. The average molecular weight is 309 g/mol. The highest BCUT2D eigenvalue weighted by Crippen LogP contribution is 2.00. The molecule has 0 bridgehead atoms. The summed E-state index contributed by atoms with van der Waals surface area (Å²) < 4.78 is 24.9. The first-order chi connectivity index (χ1) is 9.32. The molecule has 0 aromatic carbocycles. The van der Waals surface area contributed by atoms with Crippen molar-refractivity contribution in [3.63, 3.8) is 0 Å². The second kappa shape index (κ2) is 9.54. The predicted molar refractivity (Wildman–Crippen MR) is 74.9 cm³/mol. The number of aliphatic carboxylic acids is 1. The van der Waals surface area contributed by atoms with Crippen LogP contribution in [0.3, 0.4) is 0 Å². The molecule has 0 aliphatic heterocycles. The van der Waals surface area contributed by atoms with E-state index in [-0.39, 0.29) is 18.8 Å². The summed E-state index contributed by atoms with van der Waals surface area (Å²) in [5.41, 5.74) is 0. The molecule has 1 atom stereocenters. The molecule has 0 aliphatic carbocycles. The highest BCUT2D eigenvalue weighted by atomic mass is 32.2. The van der Waals surface area contributed by atoms with Gasteiger partial charge in [-0.2, -0.15) is 0 Å². The number of nitrogens with one attached hydrogen (secondary N) is 3. The first-order valence-electron chi connectivity index (χ1n) is 6.56. The summed E-state index contributed by atoms with van der Waals surface area (Å²) in [4.78, 5) is 22.4. The second-order valence-corrected chi connectivity index (χ2v) is 6.18. The van der Waals surface area contributed by atoms with Crippen LogP contribution in [0.4, 0.5) is 4.79 Å². The summed E-state index contributed by atoms with van der Waals surface area (Å²) in [7, 11) is -3.40. The summed E-state index contributed by atoms with van der Waals surface area (Å²) >= 11 is 0. The molecule has 0 aliphatic rings. The number of carbonyl (C=O) groups is 2. The van der Waals surface area contributed by atoms with Gasteiger partial charge in [-0.05, 0) is 6.42 Å². The van der Waals surface area contributed by atoms with Crippen molar-refractivity contribution < 1.29 is 23.1 Å². The lowest BCUT2D eigenvalue weighted by Crippen LogP contribution is -2.47. The topological polar surface area (TPSA) is 125 Å². The van der Waals surface area contributed by atoms with Crippen LogP contribution < -0.4 is 15.4 Å². The van der Waals surface area contributed by atoms with E-state index in [0.29, 0.717) is 12.8 Å². The Morgan fingerprint density at radius 1 is 1.25 bits per heavy atom. The van der Waals surface area contributed by atoms with Gasteiger partial charge in [0.15, 0.2) is 0 Å². The fourth-order valence-corrected chi connectivity index (χ4v) is 2.42. The van der Waals surface area contributed by atoms with Crippen LogP contribution in [-0.4, -0.2) is 50.4 Å². The van der Waals surface area contributed by atoms with E-state index in [1.165, 1.54) is 0 Å². The van der Waals surface area contributed by atoms with Crippen LogP contribution in [0.15, 0.2) is 0 Å². The lowest BCUT2D eigenvalue weighted by Gasteiger charge is -2.14. The third-order valence-electron chi connectivity index (χ3n) is 2.47. The normalized spacial score (nSPS) is 12.7. The van der Waals surface area contributed by atoms with Crippen molar-refractivity contribution in [3.8, 4) is 0 Å². The van der Waals surface area contributed by atoms with Crippen LogP contribution in [0.1, 0.15) is 33.1 Å². The van der Waals surface area contributed by atoms with Gasteiger partial charge < -0.3 is 15.7 Å². The summed E-state index contributed by atoms with van der Waals surface area (Å²) in [5.74, 6) is -1.35. The van der Waals surface area contributed by atoms with Gasteiger partial charge in [-0.15, -0.1) is 0 Å². The van der Waals surface area contributed by atoms with E-state index in [9.17, 15) is 18.0 Å². The molecule has 0 heterocycles. The van der Waals surface area contributed by atoms with Crippen LogP contribution in [0.5, 0.6) is 0 Å². The molecule has 9 heteroatoms. The zero-order chi connectivity index (χ0) is 15.6. The van der Waals surface area contributed by atoms with Gasteiger partial charge in [-0.3, -0.25) is 0 Å². The molecule has 0 rings (SSSR count). The number of rotatable bonds is 10. The lowest BCUT2D eigenvalue weighted by molar-refractivity contribution is -0.139. The highest BCUT2D eigenvalue weighted by molar-refractivity contribution is 7.89. The summed E-state index contributed by atoms with van der Waals surface area (Å²) in [6.45, 7) is 3.78. The Labute approximate surface area is 119 Å². The zero-order valence-electron chi connectivity index (χ0n) is 11.8. The second-order valence-electron chi connectivity index (χ2n) is 4.25. The van der Waals surface area contributed by atoms with E-state index in [2.05, 4.69) is 15.4 Å². The molecule has 0 fully saturated rings. The minimum atomic E-state index is -3.40. The summed E-state index contributed by atoms with van der Waals surface area (Å²) in [5, 5.41) is 13.6. The Hall–Kier alpha value is -1.35. The molecule has 0 aromatic rings. The summed E-state index contributed by atoms with van der Waals surface area (Å²) in [6, 6.07) is -1.64. The number of urea groups is 1. The number of hydrogen-bond acceptors (Lipinski definition) is 4. The maximum absolute atomic E-state index is 11.5. The molecular weight excluding hydrogens is 286 g/mol. The first-order valence-corrected chi connectivity index (χ1v) is 8.22. The number of carboxylic acids is 1. The first kappa shape index (κ1) is 18.7. The van der Waals surface area contributed by atoms with Crippen LogP contribution in [0.25, 0.3) is 0 Å². The third-order valence-corrected chi connectivity index (χ3v) is 3.94. The number of unbranched alkanes of at least 4 members (excludes halogenated alkanes) is 1. The number of hydrogen-bond donors (Lipinski definition) is 4. The molecule has 0 saturated carbocycles. The standard InChI is InChI=1S/C11H23N3O5S/c1-3-5-6-9(10(15)16)14-11(17)12-7-8-20(18,19)13-4-2/h9,13H,3-8H2,1-2H3,(H,15,16)(H2,12,14,17)/t9-/m0/s1. The molecule has 0 saturated heterocycles. The van der Waals surface area contributed by atoms with E-state index in [1.807, 2.05) is 6.92 Å². The minimum Gasteiger partial charge on any atom is -0.480 e. The van der Waals surface area contributed by atoms with Crippen molar-refractivity contribution in [1.29, 1.82) is 0 Å². The van der Waals surface area contributed by atoms with Crippen molar-refractivity contribution in [2.75, 3.05) is 18.8 Å². The maximum atomic E-state index is 11.5. The fourth-order valence-electron chi connectivity index (χ4n) is 1.47. The molecule has 0 spiro atoms. The monoisotopic (exact) mass is 309 g/mol. The van der Waals surface area contributed by atoms with Gasteiger partial charge in [0.25, 0.3) is 0 Å². The Kier molecular flexibility index (Phi) is 8.89. The molecule has 8 nitrogen and oxygen atoms in total. The van der Waals surface area contributed by atoms with Crippen molar-refractivity contribution in [1.82, 2.24) is 15.4 Å². The van der Waals surface area contributed by atoms with Crippen molar-refractivity contribution in [2.24, 2.45) is 0 Å². The van der Waals surface area contributed by atoms with Crippen LogP contribution >= 0.6 is 0 Å². The van der Waals surface area contributed by atoms with E-state index < -0.39 is 28.1 Å². The smallest absolute Gasteiger partial charge is 0.326 e. The largest absolute Gasteiger partial charge is 0.480 e. The molecule has 0 aromatic heterocycles. The van der Waals surface area contributed by atoms with E-state index in [0.717, 1.165) is 6.42 Å². The van der Waals surface area contributed by atoms with E-state index >= 15 is 0 Å². The van der Waals surface area contributed by atoms with Gasteiger partial charge in [0.2, 0.25) is 10.0 Å².